The Balaban J connectivity index is 1.59. The minimum atomic E-state index is -3.71. The van der Waals surface area contributed by atoms with Gasteiger partial charge in [0.15, 0.2) is 6.61 Å². The third-order valence-electron chi connectivity index (χ3n) is 5.07. The smallest absolute Gasteiger partial charge is 0.338 e. The highest BCUT2D eigenvalue weighted by Gasteiger charge is 2.27. The second-order valence-corrected chi connectivity index (χ2v) is 9.32. The number of nitrogens with zero attached hydrogens (tertiary/aromatic N) is 1. The molecule has 9 nitrogen and oxygen atoms in total. The van der Waals surface area contributed by atoms with Gasteiger partial charge in [0.05, 0.1) is 10.5 Å². The number of hydrogen-bond acceptors (Lipinski definition) is 6. The first kappa shape index (κ1) is 23.4. The zero-order valence-electron chi connectivity index (χ0n) is 17.7. The molecule has 0 saturated carbocycles. The quantitative estimate of drug-likeness (QED) is 0.502. The van der Waals surface area contributed by atoms with Crippen molar-refractivity contribution in [3.63, 3.8) is 0 Å². The number of carbonyl (C=O) groups is 3. The van der Waals surface area contributed by atoms with Gasteiger partial charge in [0, 0.05) is 18.7 Å². The van der Waals surface area contributed by atoms with Crippen molar-refractivity contribution in [1.29, 1.82) is 0 Å². The Labute approximate surface area is 186 Å². The number of nitrogens with one attached hydrogen (secondary N) is 2. The Morgan fingerprint density at radius 3 is 2.34 bits per heavy atom. The van der Waals surface area contributed by atoms with Gasteiger partial charge in [-0.25, -0.2) is 13.2 Å². The molecule has 0 unspecified atom stereocenters. The molecular formula is C22H25N3O6S. The molecule has 1 heterocycles. The fraction of sp³-hybridized carbons (Fsp3) is 0.318. The van der Waals surface area contributed by atoms with Crippen LogP contribution >= 0.6 is 0 Å². The van der Waals surface area contributed by atoms with Crippen molar-refractivity contribution in [2.24, 2.45) is 0 Å². The normalized spacial score (nSPS) is 14.4. The van der Waals surface area contributed by atoms with Crippen LogP contribution in [0.25, 0.3) is 0 Å². The second-order valence-electron chi connectivity index (χ2n) is 7.39. The fourth-order valence-corrected chi connectivity index (χ4v) is 4.81. The number of amides is 2. The zero-order valence-corrected chi connectivity index (χ0v) is 18.5. The molecule has 0 radical (unpaired) electrons. The summed E-state index contributed by atoms with van der Waals surface area (Å²) in [5.74, 6) is -2.09. The van der Waals surface area contributed by atoms with E-state index in [2.05, 4.69) is 10.9 Å². The lowest BCUT2D eigenvalue weighted by molar-refractivity contribution is -0.125. The minimum Gasteiger partial charge on any atom is -0.452 e. The lowest BCUT2D eigenvalue weighted by atomic mass is 10.1. The van der Waals surface area contributed by atoms with Gasteiger partial charge in [0.1, 0.15) is 0 Å². The van der Waals surface area contributed by atoms with Crippen LogP contribution in [0.3, 0.4) is 0 Å². The largest absolute Gasteiger partial charge is 0.452 e. The number of benzene rings is 2. The Morgan fingerprint density at radius 1 is 0.969 bits per heavy atom. The molecule has 0 spiro atoms. The molecule has 1 aliphatic rings. The maximum absolute atomic E-state index is 12.9. The highest BCUT2D eigenvalue weighted by Crippen LogP contribution is 2.23. The third kappa shape index (κ3) is 5.71. The average Bonchev–Trinajstić information content (AvgIpc) is 2.82. The molecule has 0 aliphatic carbocycles. The summed E-state index contributed by atoms with van der Waals surface area (Å²) in [6, 6.07) is 12.5. The second kappa shape index (κ2) is 10.4. The molecular weight excluding hydrogens is 434 g/mol. The number of rotatable bonds is 6. The maximum atomic E-state index is 12.9. The van der Waals surface area contributed by atoms with Gasteiger partial charge in [-0.15, -0.1) is 0 Å². The van der Waals surface area contributed by atoms with E-state index in [9.17, 15) is 22.8 Å². The predicted molar refractivity (Wildman–Crippen MR) is 116 cm³/mol. The van der Waals surface area contributed by atoms with Crippen LogP contribution in [-0.2, 0) is 19.6 Å². The van der Waals surface area contributed by atoms with Crippen LogP contribution in [0.15, 0.2) is 53.4 Å². The van der Waals surface area contributed by atoms with Crippen LogP contribution in [0.5, 0.6) is 0 Å². The van der Waals surface area contributed by atoms with Gasteiger partial charge in [-0.2, -0.15) is 4.31 Å². The highest BCUT2D eigenvalue weighted by molar-refractivity contribution is 7.89. The summed E-state index contributed by atoms with van der Waals surface area (Å²) in [5, 5.41) is 0. The molecule has 2 N–H and O–H groups in total. The Bertz CT molecular complexity index is 1100. The Kier molecular flexibility index (Phi) is 7.60. The van der Waals surface area contributed by atoms with Crippen LogP contribution in [0.2, 0.25) is 0 Å². The first-order valence-electron chi connectivity index (χ1n) is 10.2. The Hall–Kier alpha value is -3.24. The van der Waals surface area contributed by atoms with Crippen molar-refractivity contribution in [3.8, 4) is 0 Å². The molecule has 2 aromatic rings. The summed E-state index contributed by atoms with van der Waals surface area (Å²) in [5.41, 5.74) is 5.32. The SMILES string of the molecule is Cc1ccc(S(=O)(=O)N2CCCCC2)cc1C(=O)OCC(=O)NNC(=O)c1ccccc1. The summed E-state index contributed by atoms with van der Waals surface area (Å²) in [6.07, 6.45) is 2.59. The number of hydrogen-bond donors (Lipinski definition) is 2. The lowest BCUT2D eigenvalue weighted by Gasteiger charge is -2.26. The van der Waals surface area contributed by atoms with Crippen molar-refractivity contribution in [3.05, 3.63) is 65.2 Å². The van der Waals surface area contributed by atoms with E-state index in [0.29, 0.717) is 24.2 Å². The third-order valence-corrected chi connectivity index (χ3v) is 6.96. The van der Waals surface area contributed by atoms with Gasteiger partial charge >= 0.3 is 5.97 Å². The minimum absolute atomic E-state index is 0.0107. The highest BCUT2D eigenvalue weighted by atomic mass is 32.2. The van der Waals surface area contributed by atoms with Crippen LogP contribution in [0.1, 0.15) is 45.5 Å². The molecule has 32 heavy (non-hydrogen) atoms. The average molecular weight is 460 g/mol. The molecule has 10 heteroatoms. The standard InChI is InChI=1S/C22H25N3O6S/c1-16-10-11-18(32(29,30)25-12-6-3-7-13-25)14-19(16)22(28)31-15-20(26)23-24-21(27)17-8-4-2-5-9-17/h2,4-5,8-11,14H,3,6-7,12-13,15H2,1H3,(H,23,26)(H,24,27). The molecule has 0 bridgehead atoms. The molecule has 1 fully saturated rings. The number of sulfonamides is 1. The summed E-state index contributed by atoms with van der Waals surface area (Å²) in [7, 11) is -3.71. The van der Waals surface area contributed by atoms with Gasteiger partial charge in [0.25, 0.3) is 11.8 Å². The zero-order chi connectivity index (χ0) is 23.1. The molecule has 3 rings (SSSR count). The number of hydrazine groups is 1. The molecule has 0 atom stereocenters. The fourth-order valence-electron chi connectivity index (χ4n) is 3.27. The number of ether oxygens (including phenoxy) is 1. The van der Waals surface area contributed by atoms with E-state index in [-0.39, 0.29) is 10.5 Å². The van der Waals surface area contributed by atoms with Gasteiger partial charge in [-0.1, -0.05) is 30.7 Å². The van der Waals surface area contributed by atoms with Crippen LogP contribution < -0.4 is 10.9 Å². The van der Waals surface area contributed by atoms with E-state index in [1.54, 1.807) is 37.3 Å². The van der Waals surface area contributed by atoms with Crippen molar-refractivity contribution in [2.75, 3.05) is 19.7 Å². The number of aryl methyl sites for hydroxylation is 1. The van der Waals surface area contributed by atoms with Gasteiger partial charge < -0.3 is 4.74 Å². The Morgan fingerprint density at radius 2 is 1.66 bits per heavy atom. The molecule has 0 aromatic heterocycles. The van der Waals surface area contributed by atoms with E-state index in [0.717, 1.165) is 19.3 Å². The van der Waals surface area contributed by atoms with E-state index >= 15 is 0 Å². The maximum Gasteiger partial charge on any atom is 0.338 e. The molecule has 2 amide bonds. The summed E-state index contributed by atoms with van der Waals surface area (Å²) in [6.45, 7) is 1.90. The van der Waals surface area contributed by atoms with E-state index in [1.807, 2.05) is 0 Å². The van der Waals surface area contributed by atoms with Gasteiger partial charge in [-0.05, 0) is 49.6 Å². The number of piperidine rings is 1. The van der Waals surface area contributed by atoms with Crippen molar-refractivity contribution < 1.29 is 27.5 Å². The lowest BCUT2D eigenvalue weighted by Crippen LogP contribution is -2.43. The molecule has 170 valence electrons. The van der Waals surface area contributed by atoms with Crippen molar-refractivity contribution in [1.82, 2.24) is 15.2 Å². The monoisotopic (exact) mass is 459 g/mol. The van der Waals surface area contributed by atoms with Crippen LogP contribution in [0, 0.1) is 6.92 Å². The van der Waals surface area contributed by atoms with Crippen molar-refractivity contribution >= 4 is 27.8 Å². The number of carbonyl (C=O) groups excluding carboxylic acids is 3. The number of esters is 1. The molecule has 1 saturated heterocycles. The van der Waals surface area contributed by atoms with Gasteiger partial charge in [0.2, 0.25) is 10.0 Å². The van der Waals surface area contributed by atoms with E-state index < -0.39 is 34.4 Å². The van der Waals surface area contributed by atoms with E-state index in [4.69, 9.17) is 4.74 Å². The molecule has 2 aromatic carbocycles. The van der Waals surface area contributed by atoms with Crippen LogP contribution in [0.4, 0.5) is 0 Å². The first-order valence-corrected chi connectivity index (χ1v) is 11.6. The van der Waals surface area contributed by atoms with E-state index in [1.165, 1.54) is 22.5 Å². The summed E-state index contributed by atoms with van der Waals surface area (Å²) >= 11 is 0. The topological polar surface area (TPSA) is 122 Å². The first-order chi connectivity index (χ1) is 15.3. The summed E-state index contributed by atoms with van der Waals surface area (Å²) < 4.78 is 32.2. The van der Waals surface area contributed by atoms with Gasteiger partial charge in [-0.3, -0.25) is 20.4 Å². The van der Waals surface area contributed by atoms with Crippen LogP contribution in [-0.4, -0.2) is 50.2 Å². The molecule has 1 aliphatic heterocycles. The van der Waals surface area contributed by atoms with Crippen molar-refractivity contribution in [2.45, 2.75) is 31.1 Å². The summed E-state index contributed by atoms with van der Waals surface area (Å²) in [4.78, 5) is 36.3. The predicted octanol–water partition coefficient (Wildman–Crippen LogP) is 1.79.